The molecule has 0 aliphatic carbocycles. The minimum absolute atomic E-state index is 0.0505. The Hall–Kier alpha value is -2.65. The molecule has 1 unspecified atom stereocenters. The highest BCUT2D eigenvalue weighted by atomic mass is 16.4. The molecule has 4 N–H and O–H groups in total. The van der Waals surface area contributed by atoms with Crippen LogP contribution in [0.5, 0.6) is 0 Å². The summed E-state index contributed by atoms with van der Waals surface area (Å²) in [6, 6.07) is -1.28. The maximum atomic E-state index is 12.7. The van der Waals surface area contributed by atoms with Gasteiger partial charge in [0.05, 0.1) is 12.3 Å². The van der Waals surface area contributed by atoms with Crippen molar-refractivity contribution in [1.82, 2.24) is 15.5 Å². The zero-order valence-electron chi connectivity index (χ0n) is 23.9. The topological polar surface area (TPSA) is 153 Å². The summed E-state index contributed by atoms with van der Waals surface area (Å²) in [5.74, 6) is -3.24. The van der Waals surface area contributed by atoms with Crippen LogP contribution >= 0.6 is 0 Å². The van der Waals surface area contributed by atoms with Crippen LogP contribution in [0.1, 0.15) is 122 Å². The lowest BCUT2D eigenvalue weighted by Crippen LogP contribution is -2.50. The number of carbonyl (C=O) groups is 5. The van der Waals surface area contributed by atoms with Crippen LogP contribution in [0.3, 0.4) is 0 Å². The number of aliphatic carboxylic acids is 2. The molecule has 10 heteroatoms. The highest BCUT2D eigenvalue weighted by Gasteiger charge is 2.31. The first-order valence-electron chi connectivity index (χ1n) is 15.0. The van der Waals surface area contributed by atoms with Crippen LogP contribution < -0.4 is 10.6 Å². The second-order valence-electron chi connectivity index (χ2n) is 10.8. The molecule has 1 saturated heterocycles. The van der Waals surface area contributed by atoms with E-state index < -0.39 is 35.7 Å². The number of nitrogens with zero attached hydrogens (tertiary/aromatic N) is 1. The van der Waals surface area contributed by atoms with E-state index in [0.717, 1.165) is 38.5 Å². The van der Waals surface area contributed by atoms with Crippen molar-refractivity contribution in [2.24, 2.45) is 5.92 Å². The fraction of sp³-hybridized carbons (Fsp3) is 0.828. The summed E-state index contributed by atoms with van der Waals surface area (Å²) in [6.45, 7) is 0.912. The number of likely N-dealkylation sites (tertiary alicyclic amines) is 1. The normalized spacial score (nSPS) is 15.9. The molecule has 3 amide bonds. The molecule has 39 heavy (non-hydrogen) atoms. The maximum absolute atomic E-state index is 12.7. The Balaban J connectivity index is 2.08. The first kappa shape index (κ1) is 34.4. The van der Waals surface area contributed by atoms with E-state index >= 15 is 0 Å². The second kappa shape index (κ2) is 21.2. The molecule has 1 aliphatic rings. The van der Waals surface area contributed by atoms with E-state index in [9.17, 15) is 29.1 Å². The van der Waals surface area contributed by atoms with Crippen LogP contribution in [-0.2, 0) is 24.0 Å². The molecule has 1 rings (SSSR count). The van der Waals surface area contributed by atoms with Crippen molar-refractivity contribution in [3.8, 4) is 0 Å². The van der Waals surface area contributed by atoms with Gasteiger partial charge in [-0.1, -0.05) is 77.0 Å². The molecule has 2 atom stereocenters. The van der Waals surface area contributed by atoms with Crippen LogP contribution in [0.15, 0.2) is 0 Å². The molecule has 0 spiro atoms. The Morgan fingerprint density at radius 2 is 1.26 bits per heavy atom. The molecule has 0 bridgehead atoms. The van der Waals surface area contributed by atoms with E-state index in [2.05, 4.69) is 10.6 Å². The number of piperidine rings is 1. The van der Waals surface area contributed by atoms with Gasteiger partial charge in [-0.2, -0.15) is 0 Å². The zero-order valence-corrected chi connectivity index (χ0v) is 23.9. The average Bonchev–Trinajstić information content (AvgIpc) is 2.91. The summed E-state index contributed by atoms with van der Waals surface area (Å²) in [5.41, 5.74) is 0. The van der Waals surface area contributed by atoms with Gasteiger partial charge in [-0.3, -0.25) is 19.2 Å². The summed E-state index contributed by atoms with van der Waals surface area (Å²) in [6.07, 6.45) is 17.5. The Labute approximate surface area is 233 Å². The van der Waals surface area contributed by atoms with Gasteiger partial charge in [-0.05, 0) is 25.7 Å². The molecule has 0 saturated carbocycles. The van der Waals surface area contributed by atoms with Crippen molar-refractivity contribution in [2.75, 3.05) is 20.1 Å². The number of amides is 3. The Kier molecular flexibility index (Phi) is 18.7. The number of nitrogens with one attached hydrogen (secondary N) is 2. The number of carboxylic acid groups (broad SMARTS) is 2. The third-order valence-electron chi connectivity index (χ3n) is 7.46. The zero-order chi connectivity index (χ0) is 28.9. The Morgan fingerprint density at radius 3 is 1.72 bits per heavy atom. The smallest absolute Gasteiger partial charge is 0.326 e. The van der Waals surface area contributed by atoms with Gasteiger partial charge in [-0.15, -0.1) is 0 Å². The predicted octanol–water partition coefficient (Wildman–Crippen LogP) is 4.26. The molecule has 1 heterocycles. The van der Waals surface area contributed by atoms with Gasteiger partial charge in [0.1, 0.15) is 6.04 Å². The van der Waals surface area contributed by atoms with E-state index in [1.807, 2.05) is 0 Å². The summed E-state index contributed by atoms with van der Waals surface area (Å²) >= 11 is 0. The largest absolute Gasteiger partial charge is 0.481 e. The van der Waals surface area contributed by atoms with Crippen LogP contribution in [0.25, 0.3) is 0 Å². The number of carbonyl (C=O) groups excluding carboxylic acids is 3. The van der Waals surface area contributed by atoms with Crippen LogP contribution in [0.2, 0.25) is 0 Å². The Bertz CT molecular complexity index is 759. The van der Waals surface area contributed by atoms with Crippen LogP contribution in [0.4, 0.5) is 0 Å². The molecule has 0 radical (unpaired) electrons. The third kappa shape index (κ3) is 16.8. The van der Waals surface area contributed by atoms with Crippen molar-refractivity contribution in [3.63, 3.8) is 0 Å². The predicted molar refractivity (Wildman–Crippen MR) is 149 cm³/mol. The van der Waals surface area contributed by atoms with Gasteiger partial charge in [-0.25, -0.2) is 4.79 Å². The van der Waals surface area contributed by atoms with Crippen molar-refractivity contribution in [1.29, 1.82) is 0 Å². The monoisotopic (exact) mass is 553 g/mol. The van der Waals surface area contributed by atoms with Crippen molar-refractivity contribution in [2.45, 2.75) is 128 Å². The first-order chi connectivity index (χ1) is 18.7. The minimum atomic E-state index is -1.28. The van der Waals surface area contributed by atoms with Gasteiger partial charge in [0.25, 0.3) is 0 Å². The number of unbranched alkanes of at least 4 members (excludes halogenated alkanes) is 13. The molecular formula is C29H51N3O7. The van der Waals surface area contributed by atoms with E-state index in [1.54, 1.807) is 4.90 Å². The molecule has 0 aromatic heterocycles. The Morgan fingerprint density at radius 1 is 0.769 bits per heavy atom. The molecule has 0 aromatic carbocycles. The quantitative estimate of drug-likeness (QED) is 0.146. The van der Waals surface area contributed by atoms with Gasteiger partial charge in [0.2, 0.25) is 17.7 Å². The lowest BCUT2D eigenvalue weighted by Gasteiger charge is -2.32. The number of hydrogen-bond acceptors (Lipinski definition) is 5. The fourth-order valence-corrected chi connectivity index (χ4v) is 5.03. The molecular weight excluding hydrogens is 502 g/mol. The van der Waals surface area contributed by atoms with Gasteiger partial charge in [0, 0.05) is 33.0 Å². The van der Waals surface area contributed by atoms with Crippen LogP contribution in [-0.4, -0.2) is 71.0 Å². The van der Waals surface area contributed by atoms with E-state index in [-0.39, 0.29) is 18.7 Å². The number of hydrogen-bond donors (Lipinski definition) is 4. The summed E-state index contributed by atoms with van der Waals surface area (Å²) in [5, 5.41) is 22.7. The average molecular weight is 554 g/mol. The number of rotatable bonds is 22. The van der Waals surface area contributed by atoms with E-state index in [4.69, 9.17) is 5.11 Å². The highest BCUT2D eigenvalue weighted by molar-refractivity contribution is 5.89. The summed E-state index contributed by atoms with van der Waals surface area (Å²) in [7, 11) is 1.41. The van der Waals surface area contributed by atoms with E-state index in [0.29, 0.717) is 32.4 Å². The molecule has 0 aromatic rings. The van der Waals surface area contributed by atoms with Crippen molar-refractivity contribution in [3.05, 3.63) is 0 Å². The van der Waals surface area contributed by atoms with Crippen LogP contribution in [0, 0.1) is 5.92 Å². The summed E-state index contributed by atoms with van der Waals surface area (Å²) in [4.78, 5) is 60.4. The SMILES string of the molecule is CNC(=O)C[C@@H](NC(=O)C1CCCN(C(=O)CCCCCCCCCCCCCCCCC(=O)O)C1)C(=O)O. The van der Waals surface area contributed by atoms with Crippen molar-refractivity contribution >= 4 is 29.7 Å². The standard InChI is InChI=1S/C29H51N3O7/c1-30-25(33)21-24(29(38)39)31-28(37)23-17-16-20-32(22-23)26(34)18-14-12-10-8-6-4-2-3-5-7-9-11-13-15-19-27(35)36/h23-24H,2-22H2,1H3,(H,30,33)(H,31,37)(H,35,36)(H,38,39)/t23?,24-/m1/s1. The summed E-state index contributed by atoms with van der Waals surface area (Å²) < 4.78 is 0. The van der Waals surface area contributed by atoms with Gasteiger partial charge in [0.15, 0.2) is 0 Å². The minimum Gasteiger partial charge on any atom is -0.481 e. The molecule has 1 aliphatic heterocycles. The highest BCUT2D eigenvalue weighted by Crippen LogP contribution is 2.19. The molecule has 1 fully saturated rings. The number of carboxylic acids is 2. The van der Waals surface area contributed by atoms with Gasteiger partial charge >= 0.3 is 11.9 Å². The molecule has 224 valence electrons. The maximum Gasteiger partial charge on any atom is 0.326 e. The van der Waals surface area contributed by atoms with Crippen molar-refractivity contribution < 1.29 is 34.2 Å². The first-order valence-corrected chi connectivity index (χ1v) is 15.0. The van der Waals surface area contributed by atoms with Gasteiger partial charge < -0.3 is 25.7 Å². The lowest BCUT2D eigenvalue weighted by molar-refractivity contribution is -0.145. The fourth-order valence-electron chi connectivity index (χ4n) is 5.03. The lowest BCUT2D eigenvalue weighted by atomic mass is 9.96. The second-order valence-corrected chi connectivity index (χ2v) is 10.8. The third-order valence-corrected chi connectivity index (χ3v) is 7.46. The molecule has 10 nitrogen and oxygen atoms in total. The van der Waals surface area contributed by atoms with E-state index in [1.165, 1.54) is 58.4 Å².